The average Bonchev–Trinajstić information content (AvgIpc) is 2.63. The van der Waals surface area contributed by atoms with E-state index < -0.39 is 5.97 Å². The number of fused-ring (bicyclic) bond motifs is 2. The van der Waals surface area contributed by atoms with Gasteiger partial charge in [0.15, 0.2) is 5.75 Å². The number of nitrogens with one attached hydrogen (secondary N) is 1. The molecular weight excluding hydrogens is 224 g/mol. The number of nitrogens with zero attached hydrogens (tertiary/aromatic N) is 1. The molecule has 0 unspecified atom stereocenters. The van der Waals surface area contributed by atoms with Gasteiger partial charge in [-0.05, 0) is 6.07 Å². The Hall–Kier alpha value is -2.37. The molecule has 6 heteroatoms. The number of esters is 1. The van der Waals surface area contributed by atoms with Crippen LogP contribution in [0.25, 0.3) is 0 Å². The lowest BCUT2D eigenvalue weighted by Crippen LogP contribution is -2.13. The van der Waals surface area contributed by atoms with Crippen LogP contribution in [0.5, 0.6) is 5.75 Å². The molecule has 6 nitrogen and oxygen atoms in total. The summed E-state index contributed by atoms with van der Waals surface area (Å²) in [6, 6.07) is 1.67. The fourth-order valence-electron chi connectivity index (χ4n) is 1.89. The Morgan fingerprint density at radius 2 is 2.29 bits per heavy atom. The van der Waals surface area contributed by atoms with Gasteiger partial charge in [-0.3, -0.25) is 4.79 Å². The second kappa shape index (κ2) is 3.31. The fourth-order valence-corrected chi connectivity index (χ4v) is 1.89. The molecule has 2 N–H and O–H groups in total. The number of hydrogen-bond acceptors (Lipinski definition) is 5. The van der Waals surface area contributed by atoms with Gasteiger partial charge in [-0.15, -0.1) is 0 Å². The molecule has 0 atom stereocenters. The van der Waals surface area contributed by atoms with Crippen molar-refractivity contribution in [1.82, 2.24) is 4.98 Å². The molecule has 3 heterocycles. The number of pyridine rings is 1. The molecule has 17 heavy (non-hydrogen) atoms. The Kier molecular flexibility index (Phi) is 1.91. The first-order chi connectivity index (χ1) is 8.13. The molecule has 1 aromatic rings. The molecule has 0 fully saturated rings. The number of aliphatic carboxylic acids is 1. The van der Waals surface area contributed by atoms with E-state index in [9.17, 15) is 9.59 Å². The van der Waals surface area contributed by atoms with E-state index in [1.807, 2.05) is 0 Å². The third kappa shape index (κ3) is 1.54. The lowest BCUT2D eigenvalue weighted by molar-refractivity contribution is -0.133. The lowest BCUT2D eigenvalue weighted by atomic mass is 10.0. The first-order valence-electron chi connectivity index (χ1n) is 5.06. The van der Waals surface area contributed by atoms with E-state index in [4.69, 9.17) is 9.84 Å². The summed E-state index contributed by atoms with van der Waals surface area (Å²) in [5, 5.41) is 11.7. The average molecular weight is 232 g/mol. The minimum atomic E-state index is -0.972. The highest BCUT2D eigenvalue weighted by Gasteiger charge is 2.26. The molecule has 0 saturated carbocycles. The zero-order valence-electron chi connectivity index (χ0n) is 8.69. The Morgan fingerprint density at radius 1 is 1.47 bits per heavy atom. The van der Waals surface area contributed by atoms with Crippen LogP contribution in [0.15, 0.2) is 17.8 Å². The molecule has 0 aliphatic carbocycles. The predicted molar refractivity (Wildman–Crippen MR) is 56.6 cm³/mol. The maximum atomic E-state index is 11.1. The van der Waals surface area contributed by atoms with E-state index in [0.29, 0.717) is 17.3 Å². The van der Waals surface area contributed by atoms with Gasteiger partial charge in [0.25, 0.3) is 0 Å². The molecule has 86 valence electrons. The van der Waals surface area contributed by atoms with Gasteiger partial charge < -0.3 is 15.2 Å². The van der Waals surface area contributed by atoms with E-state index in [1.54, 1.807) is 6.07 Å². The van der Waals surface area contributed by atoms with Crippen LogP contribution in [-0.2, 0) is 22.4 Å². The van der Waals surface area contributed by atoms with Gasteiger partial charge in [-0.1, -0.05) is 0 Å². The number of hydrogen-bond donors (Lipinski definition) is 2. The predicted octanol–water partition coefficient (Wildman–Crippen LogP) is 0.480. The van der Waals surface area contributed by atoms with Gasteiger partial charge in [-0.25, -0.2) is 9.78 Å². The summed E-state index contributed by atoms with van der Waals surface area (Å²) in [7, 11) is 0. The summed E-state index contributed by atoms with van der Waals surface area (Å²) < 4.78 is 4.97. The zero-order chi connectivity index (χ0) is 12.0. The van der Waals surface area contributed by atoms with Crippen molar-refractivity contribution in [2.45, 2.75) is 12.8 Å². The molecule has 0 bridgehead atoms. The standard InChI is InChI=1S/C11H8N2O4/c14-9-3-7-8(17-9)2-5-1-6(11(15)16)4-12-10(5)13-7/h2,4H,1,3H2,(H,12,13)(H,15,16). The van der Waals surface area contributed by atoms with Gasteiger partial charge in [-0.2, -0.15) is 0 Å². The number of carbonyl (C=O) groups is 2. The molecule has 0 spiro atoms. The molecule has 0 saturated heterocycles. The molecule has 0 radical (unpaired) electrons. The Bertz CT molecular complexity index is 577. The van der Waals surface area contributed by atoms with Crippen molar-refractivity contribution in [2.75, 3.05) is 5.32 Å². The summed E-state index contributed by atoms with van der Waals surface area (Å²) in [6.07, 6.45) is 1.86. The SMILES string of the molecule is O=C1Cc2nc3c(cc2O1)CC(C(=O)O)=CN3. The van der Waals surface area contributed by atoms with Crippen LogP contribution in [0.2, 0.25) is 0 Å². The second-order valence-electron chi connectivity index (χ2n) is 3.89. The summed E-state index contributed by atoms with van der Waals surface area (Å²) in [4.78, 5) is 26.2. The number of rotatable bonds is 1. The first kappa shape index (κ1) is 9.83. The second-order valence-corrected chi connectivity index (χ2v) is 3.89. The van der Waals surface area contributed by atoms with Crippen molar-refractivity contribution in [3.8, 4) is 5.75 Å². The van der Waals surface area contributed by atoms with Crippen molar-refractivity contribution in [3.05, 3.63) is 29.1 Å². The monoisotopic (exact) mass is 232 g/mol. The van der Waals surface area contributed by atoms with Gasteiger partial charge in [0.1, 0.15) is 5.82 Å². The van der Waals surface area contributed by atoms with Crippen LogP contribution >= 0.6 is 0 Å². The Labute approximate surface area is 95.9 Å². The highest BCUT2D eigenvalue weighted by Crippen LogP contribution is 2.32. The minimum Gasteiger partial charge on any atom is -0.478 e. The van der Waals surface area contributed by atoms with Crippen LogP contribution in [0, 0.1) is 0 Å². The summed E-state index contributed by atoms with van der Waals surface area (Å²) in [6.45, 7) is 0. The van der Waals surface area contributed by atoms with E-state index in [1.165, 1.54) is 6.20 Å². The third-order valence-corrected chi connectivity index (χ3v) is 2.71. The highest BCUT2D eigenvalue weighted by atomic mass is 16.5. The Balaban J connectivity index is 2.00. The Morgan fingerprint density at radius 3 is 3.06 bits per heavy atom. The molecule has 3 rings (SSSR count). The number of carboxylic acids is 1. The summed E-state index contributed by atoms with van der Waals surface area (Å²) in [5.74, 6) is -0.281. The first-order valence-corrected chi connectivity index (χ1v) is 5.06. The molecule has 0 aromatic carbocycles. The quantitative estimate of drug-likeness (QED) is 0.684. The number of ether oxygens (including phenoxy) is 1. The van der Waals surface area contributed by atoms with Crippen molar-refractivity contribution >= 4 is 17.8 Å². The highest BCUT2D eigenvalue weighted by molar-refractivity contribution is 5.89. The minimum absolute atomic E-state index is 0.166. The van der Waals surface area contributed by atoms with Crippen molar-refractivity contribution in [2.24, 2.45) is 0 Å². The van der Waals surface area contributed by atoms with E-state index in [2.05, 4.69) is 10.3 Å². The topological polar surface area (TPSA) is 88.5 Å². The third-order valence-electron chi connectivity index (χ3n) is 2.71. The van der Waals surface area contributed by atoms with Gasteiger partial charge in [0.05, 0.1) is 17.7 Å². The maximum absolute atomic E-state index is 11.1. The molecular formula is C11H8N2O4. The van der Waals surface area contributed by atoms with Crippen LogP contribution in [0.1, 0.15) is 11.3 Å². The van der Waals surface area contributed by atoms with Crippen LogP contribution in [0.4, 0.5) is 5.82 Å². The van der Waals surface area contributed by atoms with Crippen molar-refractivity contribution in [1.29, 1.82) is 0 Å². The van der Waals surface area contributed by atoms with Gasteiger partial charge in [0.2, 0.25) is 0 Å². The van der Waals surface area contributed by atoms with Crippen molar-refractivity contribution in [3.63, 3.8) is 0 Å². The lowest BCUT2D eigenvalue weighted by Gasteiger charge is -2.15. The van der Waals surface area contributed by atoms with Crippen LogP contribution in [0.3, 0.4) is 0 Å². The smallest absolute Gasteiger partial charge is 0.333 e. The number of carbonyl (C=O) groups excluding carboxylic acids is 1. The fraction of sp³-hybridized carbons (Fsp3) is 0.182. The van der Waals surface area contributed by atoms with E-state index in [-0.39, 0.29) is 24.4 Å². The molecule has 1 aromatic heterocycles. The van der Waals surface area contributed by atoms with Gasteiger partial charge >= 0.3 is 11.9 Å². The van der Waals surface area contributed by atoms with Crippen LogP contribution in [-0.4, -0.2) is 22.0 Å². The summed E-state index contributed by atoms with van der Waals surface area (Å²) >= 11 is 0. The number of carboxylic acid groups (broad SMARTS) is 1. The molecule has 2 aliphatic heterocycles. The molecule has 2 aliphatic rings. The van der Waals surface area contributed by atoms with E-state index in [0.717, 1.165) is 5.56 Å². The maximum Gasteiger partial charge on any atom is 0.333 e. The largest absolute Gasteiger partial charge is 0.478 e. The molecule has 0 amide bonds. The zero-order valence-corrected chi connectivity index (χ0v) is 8.69. The van der Waals surface area contributed by atoms with Crippen molar-refractivity contribution < 1.29 is 19.4 Å². The summed E-state index contributed by atoms with van der Waals surface area (Å²) in [5.41, 5.74) is 1.57. The normalized spacial score (nSPS) is 16.5. The van der Waals surface area contributed by atoms with E-state index >= 15 is 0 Å². The number of anilines is 1. The van der Waals surface area contributed by atoms with Gasteiger partial charge in [0, 0.05) is 18.2 Å². The van der Waals surface area contributed by atoms with Crippen LogP contribution < -0.4 is 10.1 Å². The number of aromatic nitrogens is 1.